The predicted octanol–water partition coefficient (Wildman–Crippen LogP) is 3.77. The number of rotatable bonds is 4. The van der Waals surface area contributed by atoms with E-state index in [1.54, 1.807) is 12.1 Å². The average Bonchev–Trinajstić information content (AvgIpc) is 2.39. The standard InChI is InChI=1S/C16H18FN/c1-2-16(18)10-12-5-3-6-13(9-12)14-7-4-8-15(17)11-14/h3-9,11,16H,2,10,18H2,1H3. The Morgan fingerprint density at radius 1 is 1.06 bits per heavy atom. The highest BCUT2D eigenvalue weighted by Gasteiger charge is 2.04. The lowest BCUT2D eigenvalue weighted by atomic mass is 9.99. The summed E-state index contributed by atoms with van der Waals surface area (Å²) in [5, 5.41) is 0. The largest absolute Gasteiger partial charge is 0.327 e. The van der Waals surface area contributed by atoms with Gasteiger partial charge in [-0.05, 0) is 41.7 Å². The summed E-state index contributed by atoms with van der Waals surface area (Å²) >= 11 is 0. The van der Waals surface area contributed by atoms with Gasteiger partial charge < -0.3 is 5.73 Å². The normalized spacial score (nSPS) is 12.4. The van der Waals surface area contributed by atoms with Crippen molar-refractivity contribution in [2.45, 2.75) is 25.8 Å². The smallest absolute Gasteiger partial charge is 0.123 e. The monoisotopic (exact) mass is 243 g/mol. The van der Waals surface area contributed by atoms with Crippen LogP contribution in [0, 0.1) is 5.82 Å². The van der Waals surface area contributed by atoms with Crippen LogP contribution in [-0.4, -0.2) is 6.04 Å². The minimum Gasteiger partial charge on any atom is -0.327 e. The van der Waals surface area contributed by atoms with E-state index in [9.17, 15) is 4.39 Å². The fraction of sp³-hybridized carbons (Fsp3) is 0.250. The summed E-state index contributed by atoms with van der Waals surface area (Å²) < 4.78 is 13.2. The van der Waals surface area contributed by atoms with E-state index >= 15 is 0 Å². The van der Waals surface area contributed by atoms with E-state index in [1.807, 2.05) is 18.2 Å². The molecule has 0 saturated carbocycles. The second-order valence-corrected chi connectivity index (χ2v) is 4.58. The van der Waals surface area contributed by atoms with Crippen LogP contribution in [-0.2, 0) is 6.42 Å². The minimum absolute atomic E-state index is 0.188. The number of hydrogen-bond donors (Lipinski definition) is 1. The van der Waals surface area contributed by atoms with Gasteiger partial charge in [-0.2, -0.15) is 0 Å². The van der Waals surface area contributed by atoms with Gasteiger partial charge in [0.15, 0.2) is 0 Å². The molecule has 0 fully saturated rings. The molecule has 1 unspecified atom stereocenters. The van der Waals surface area contributed by atoms with Crippen LogP contribution in [0.4, 0.5) is 4.39 Å². The SMILES string of the molecule is CCC(N)Cc1cccc(-c2cccc(F)c2)c1. The van der Waals surface area contributed by atoms with E-state index in [-0.39, 0.29) is 11.9 Å². The van der Waals surface area contributed by atoms with Crippen LogP contribution in [0.3, 0.4) is 0 Å². The second kappa shape index (κ2) is 5.78. The van der Waals surface area contributed by atoms with E-state index in [1.165, 1.54) is 11.6 Å². The van der Waals surface area contributed by atoms with Crippen LogP contribution in [0.15, 0.2) is 48.5 Å². The number of nitrogens with two attached hydrogens (primary N) is 1. The summed E-state index contributed by atoms with van der Waals surface area (Å²) in [5.74, 6) is -0.205. The van der Waals surface area contributed by atoms with Gasteiger partial charge in [0.1, 0.15) is 5.82 Å². The van der Waals surface area contributed by atoms with Crippen molar-refractivity contribution in [3.63, 3.8) is 0 Å². The number of hydrogen-bond acceptors (Lipinski definition) is 1. The van der Waals surface area contributed by atoms with E-state index in [4.69, 9.17) is 5.73 Å². The van der Waals surface area contributed by atoms with Crippen LogP contribution in [0.1, 0.15) is 18.9 Å². The molecule has 0 spiro atoms. The van der Waals surface area contributed by atoms with Crippen molar-refractivity contribution in [2.75, 3.05) is 0 Å². The van der Waals surface area contributed by atoms with Crippen molar-refractivity contribution in [3.05, 3.63) is 59.9 Å². The van der Waals surface area contributed by atoms with Crippen LogP contribution >= 0.6 is 0 Å². The Hall–Kier alpha value is -1.67. The second-order valence-electron chi connectivity index (χ2n) is 4.58. The predicted molar refractivity (Wildman–Crippen MR) is 73.8 cm³/mol. The third kappa shape index (κ3) is 3.17. The quantitative estimate of drug-likeness (QED) is 0.869. The zero-order chi connectivity index (χ0) is 13.0. The molecular weight excluding hydrogens is 225 g/mol. The average molecular weight is 243 g/mol. The lowest BCUT2D eigenvalue weighted by Crippen LogP contribution is -2.21. The van der Waals surface area contributed by atoms with Crippen molar-refractivity contribution in [3.8, 4) is 11.1 Å². The van der Waals surface area contributed by atoms with Crippen molar-refractivity contribution in [1.29, 1.82) is 0 Å². The Kier molecular flexibility index (Phi) is 4.11. The summed E-state index contributed by atoms with van der Waals surface area (Å²) in [7, 11) is 0. The molecule has 2 heteroatoms. The van der Waals surface area contributed by atoms with E-state index in [2.05, 4.69) is 19.1 Å². The molecule has 2 N–H and O–H groups in total. The van der Waals surface area contributed by atoms with Crippen LogP contribution in [0.5, 0.6) is 0 Å². The highest BCUT2D eigenvalue weighted by atomic mass is 19.1. The van der Waals surface area contributed by atoms with Crippen molar-refractivity contribution >= 4 is 0 Å². The first-order valence-corrected chi connectivity index (χ1v) is 6.29. The Morgan fingerprint density at radius 2 is 1.72 bits per heavy atom. The highest BCUT2D eigenvalue weighted by Crippen LogP contribution is 2.21. The fourth-order valence-corrected chi connectivity index (χ4v) is 1.99. The Bertz CT molecular complexity index is 522. The Labute approximate surface area is 107 Å². The van der Waals surface area contributed by atoms with E-state index in [0.29, 0.717) is 0 Å². The molecule has 2 aromatic carbocycles. The Balaban J connectivity index is 2.27. The molecule has 0 amide bonds. The summed E-state index contributed by atoms with van der Waals surface area (Å²) in [6.07, 6.45) is 1.82. The van der Waals surface area contributed by atoms with Gasteiger partial charge in [0.25, 0.3) is 0 Å². The van der Waals surface area contributed by atoms with Gasteiger partial charge in [0.2, 0.25) is 0 Å². The highest BCUT2D eigenvalue weighted by molar-refractivity contribution is 5.64. The molecule has 0 aliphatic carbocycles. The lowest BCUT2D eigenvalue weighted by Gasteiger charge is -2.10. The van der Waals surface area contributed by atoms with Gasteiger partial charge in [0.05, 0.1) is 0 Å². The van der Waals surface area contributed by atoms with E-state index in [0.717, 1.165) is 24.0 Å². The van der Waals surface area contributed by atoms with Gasteiger partial charge in [-0.25, -0.2) is 4.39 Å². The maximum absolute atomic E-state index is 13.2. The Morgan fingerprint density at radius 3 is 2.39 bits per heavy atom. The summed E-state index contributed by atoms with van der Waals surface area (Å²) in [5.41, 5.74) is 9.10. The first-order chi connectivity index (χ1) is 8.69. The number of benzene rings is 2. The molecular formula is C16H18FN. The molecule has 1 atom stereocenters. The first kappa shape index (κ1) is 12.8. The zero-order valence-corrected chi connectivity index (χ0v) is 10.6. The van der Waals surface area contributed by atoms with Gasteiger partial charge in [-0.1, -0.05) is 43.3 Å². The molecule has 0 heterocycles. The van der Waals surface area contributed by atoms with Crippen LogP contribution in [0.25, 0.3) is 11.1 Å². The minimum atomic E-state index is -0.205. The van der Waals surface area contributed by atoms with Crippen LogP contribution < -0.4 is 5.73 Å². The fourth-order valence-electron chi connectivity index (χ4n) is 1.99. The summed E-state index contributed by atoms with van der Waals surface area (Å²) in [4.78, 5) is 0. The molecule has 0 bridgehead atoms. The molecule has 0 radical (unpaired) electrons. The molecule has 0 aromatic heterocycles. The molecule has 0 saturated heterocycles. The molecule has 2 rings (SSSR count). The third-order valence-corrected chi connectivity index (χ3v) is 3.11. The van der Waals surface area contributed by atoms with Gasteiger partial charge >= 0.3 is 0 Å². The molecule has 0 aliphatic rings. The molecule has 2 aromatic rings. The third-order valence-electron chi connectivity index (χ3n) is 3.11. The zero-order valence-electron chi connectivity index (χ0n) is 10.6. The topological polar surface area (TPSA) is 26.0 Å². The summed E-state index contributed by atoms with van der Waals surface area (Å²) in [6.45, 7) is 2.08. The molecule has 94 valence electrons. The van der Waals surface area contributed by atoms with Gasteiger partial charge in [-0.3, -0.25) is 0 Å². The lowest BCUT2D eigenvalue weighted by molar-refractivity contribution is 0.628. The van der Waals surface area contributed by atoms with Crippen LogP contribution in [0.2, 0.25) is 0 Å². The number of halogens is 1. The van der Waals surface area contributed by atoms with Gasteiger partial charge in [0, 0.05) is 6.04 Å². The first-order valence-electron chi connectivity index (χ1n) is 6.29. The van der Waals surface area contributed by atoms with Crippen molar-refractivity contribution < 1.29 is 4.39 Å². The van der Waals surface area contributed by atoms with E-state index < -0.39 is 0 Å². The maximum Gasteiger partial charge on any atom is 0.123 e. The maximum atomic E-state index is 13.2. The molecule has 0 aliphatic heterocycles. The van der Waals surface area contributed by atoms with Gasteiger partial charge in [-0.15, -0.1) is 0 Å². The summed E-state index contributed by atoms with van der Waals surface area (Å²) in [6, 6.07) is 15.0. The molecule has 1 nitrogen and oxygen atoms in total. The molecule has 18 heavy (non-hydrogen) atoms. The van der Waals surface area contributed by atoms with Crippen molar-refractivity contribution in [1.82, 2.24) is 0 Å². The van der Waals surface area contributed by atoms with Crippen molar-refractivity contribution in [2.24, 2.45) is 5.73 Å².